The van der Waals surface area contributed by atoms with Crippen molar-refractivity contribution in [2.75, 3.05) is 5.32 Å². The normalized spacial score (nSPS) is 10.3. The van der Waals surface area contributed by atoms with Crippen LogP contribution in [0.4, 0.5) is 5.69 Å². The molecule has 0 saturated carbocycles. The summed E-state index contributed by atoms with van der Waals surface area (Å²) in [6, 6.07) is 7.67. The van der Waals surface area contributed by atoms with Crippen LogP contribution in [0, 0.1) is 0 Å². The van der Waals surface area contributed by atoms with Crippen LogP contribution in [0.5, 0.6) is 0 Å². The molecule has 0 fully saturated rings. The zero-order valence-corrected chi connectivity index (χ0v) is 12.3. The highest BCUT2D eigenvalue weighted by molar-refractivity contribution is 6.36. The van der Waals surface area contributed by atoms with E-state index in [1.54, 1.807) is 18.2 Å². The fraction of sp³-hybridized carbons (Fsp3) is 0. The molecule has 0 aliphatic carbocycles. The number of nitrogens with one attached hydrogen (secondary N) is 1. The molecule has 0 atom stereocenters. The smallest absolute Gasteiger partial charge is 0.275 e. The quantitative estimate of drug-likeness (QED) is 0.789. The highest BCUT2D eigenvalue weighted by Gasteiger charge is 2.13. The van der Waals surface area contributed by atoms with Gasteiger partial charge in [-0.25, -0.2) is 4.98 Å². The Bertz CT molecular complexity index is 625. The third-order valence-electron chi connectivity index (χ3n) is 2.15. The van der Waals surface area contributed by atoms with Crippen LogP contribution in [0.15, 0.2) is 30.3 Å². The van der Waals surface area contributed by atoms with Gasteiger partial charge in [-0.1, -0.05) is 46.4 Å². The monoisotopic (exact) mass is 334 g/mol. The second-order valence-corrected chi connectivity index (χ2v) is 5.24. The van der Waals surface area contributed by atoms with Crippen LogP contribution in [0.1, 0.15) is 10.5 Å². The molecule has 1 N–H and O–H groups in total. The number of hydrogen-bond donors (Lipinski definition) is 1. The van der Waals surface area contributed by atoms with Gasteiger partial charge in [-0.05, 0) is 30.3 Å². The first-order valence-corrected chi connectivity index (χ1v) is 6.56. The minimum Gasteiger partial charge on any atom is -0.321 e. The van der Waals surface area contributed by atoms with E-state index < -0.39 is 5.91 Å². The maximum absolute atomic E-state index is 12.0. The Hall–Kier alpha value is -1.000. The standard InChI is InChI=1S/C12H6Cl4N2O/c13-6-3-7(14)5-8(4-6)17-12(19)11-9(15)1-2-10(16)18-11/h1-5H,(H,17,19). The van der Waals surface area contributed by atoms with Crippen molar-refractivity contribution in [1.82, 2.24) is 4.98 Å². The third-order valence-corrected chi connectivity index (χ3v) is 3.10. The molecule has 0 bridgehead atoms. The largest absolute Gasteiger partial charge is 0.321 e. The zero-order chi connectivity index (χ0) is 14.0. The lowest BCUT2D eigenvalue weighted by Crippen LogP contribution is -2.14. The van der Waals surface area contributed by atoms with Gasteiger partial charge >= 0.3 is 0 Å². The van der Waals surface area contributed by atoms with Crippen LogP contribution in [0.2, 0.25) is 20.2 Å². The summed E-state index contributed by atoms with van der Waals surface area (Å²) < 4.78 is 0. The molecule has 7 heteroatoms. The van der Waals surface area contributed by atoms with Gasteiger partial charge in [-0.3, -0.25) is 4.79 Å². The number of benzene rings is 1. The predicted molar refractivity (Wildman–Crippen MR) is 78.7 cm³/mol. The van der Waals surface area contributed by atoms with Gasteiger partial charge < -0.3 is 5.32 Å². The first-order chi connectivity index (χ1) is 8.95. The Labute approximate surface area is 129 Å². The summed E-state index contributed by atoms with van der Waals surface area (Å²) >= 11 is 23.3. The molecule has 0 spiro atoms. The second-order valence-electron chi connectivity index (χ2n) is 3.58. The van der Waals surface area contributed by atoms with Crippen LogP contribution >= 0.6 is 46.4 Å². The van der Waals surface area contributed by atoms with E-state index in [1.807, 2.05) is 0 Å². The number of pyridine rings is 1. The summed E-state index contributed by atoms with van der Waals surface area (Å²) in [7, 11) is 0. The van der Waals surface area contributed by atoms with E-state index in [9.17, 15) is 4.79 Å². The number of carbonyl (C=O) groups is 1. The van der Waals surface area contributed by atoms with Gasteiger partial charge in [0.15, 0.2) is 0 Å². The van der Waals surface area contributed by atoms with Crippen LogP contribution < -0.4 is 5.32 Å². The van der Waals surface area contributed by atoms with E-state index >= 15 is 0 Å². The summed E-state index contributed by atoms with van der Waals surface area (Å²) in [4.78, 5) is 15.9. The molecule has 0 aliphatic heterocycles. The summed E-state index contributed by atoms with van der Waals surface area (Å²) in [5, 5.41) is 3.80. The van der Waals surface area contributed by atoms with E-state index in [0.717, 1.165) is 0 Å². The number of carbonyl (C=O) groups excluding carboxylic acids is 1. The molecule has 1 amide bonds. The van der Waals surface area contributed by atoms with Crippen molar-refractivity contribution in [2.24, 2.45) is 0 Å². The molecule has 1 aromatic carbocycles. The van der Waals surface area contributed by atoms with Crippen molar-refractivity contribution in [2.45, 2.75) is 0 Å². The number of aromatic nitrogens is 1. The van der Waals surface area contributed by atoms with Gasteiger partial charge in [-0.2, -0.15) is 0 Å². The van der Waals surface area contributed by atoms with Gasteiger partial charge in [0.2, 0.25) is 0 Å². The first kappa shape index (κ1) is 14.4. The predicted octanol–water partition coefficient (Wildman–Crippen LogP) is 4.95. The molecule has 1 aromatic heterocycles. The number of halogens is 4. The number of nitrogens with zero attached hydrogens (tertiary/aromatic N) is 1. The third kappa shape index (κ3) is 3.74. The van der Waals surface area contributed by atoms with E-state index in [1.165, 1.54) is 12.1 Å². The van der Waals surface area contributed by atoms with Gasteiger partial charge in [0.25, 0.3) is 5.91 Å². The van der Waals surface area contributed by atoms with E-state index in [4.69, 9.17) is 46.4 Å². The zero-order valence-electron chi connectivity index (χ0n) is 9.25. The number of anilines is 1. The van der Waals surface area contributed by atoms with Crippen molar-refractivity contribution >= 4 is 58.0 Å². The Balaban J connectivity index is 2.28. The van der Waals surface area contributed by atoms with E-state index in [-0.39, 0.29) is 15.9 Å². The SMILES string of the molecule is O=C(Nc1cc(Cl)cc(Cl)c1)c1nc(Cl)ccc1Cl. The number of amides is 1. The fourth-order valence-corrected chi connectivity index (χ4v) is 2.26. The summed E-state index contributed by atoms with van der Waals surface area (Å²) in [6.07, 6.45) is 0. The van der Waals surface area contributed by atoms with Crippen molar-refractivity contribution in [3.8, 4) is 0 Å². The fourth-order valence-electron chi connectivity index (χ4n) is 1.39. The average molecular weight is 336 g/mol. The highest BCUT2D eigenvalue weighted by Crippen LogP contribution is 2.24. The van der Waals surface area contributed by atoms with Gasteiger partial charge in [-0.15, -0.1) is 0 Å². The summed E-state index contributed by atoms with van der Waals surface area (Å²) in [5.41, 5.74) is 0.477. The molecule has 0 unspecified atom stereocenters. The van der Waals surface area contributed by atoms with Crippen molar-refractivity contribution < 1.29 is 4.79 Å². The molecule has 2 aromatic rings. The minimum atomic E-state index is -0.495. The van der Waals surface area contributed by atoms with Crippen LogP contribution in [0.3, 0.4) is 0 Å². The summed E-state index contributed by atoms with van der Waals surface area (Å²) in [6.45, 7) is 0. The van der Waals surface area contributed by atoms with E-state index in [0.29, 0.717) is 15.7 Å². The van der Waals surface area contributed by atoms with Crippen LogP contribution in [-0.2, 0) is 0 Å². The molecular weight excluding hydrogens is 330 g/mol. The molecule has 19 heavy (non-hydrogen) atoms. The number of rotatable bonds is 2. The molecule has 2 rings (SSSR count). The Morgan fingerprint density at radius 1 is 1.00 bits per heavy atom. The maximum atomic E-state index is 12.0. The van der Waals surface area contributed by atoms with Crippen molar-refractivity contribution in [1.29, 1.82) is 0 Å². The maximum Gasteiger partial charge on any atom is 0.275 e. The molecule has 0 aliphatic rings. The Morgan fingerprint density at radius 2 is 1.63 bits per heavy atom. The van der Waals surface area contributed by atoms with Crippen molar-refractivity contribution in [3.05, 3.63) is 56.2 Å². The lowest BCUT2D eigenvalue weighted by atomic mass is 10.3. The lowest BCUT2D eigenvalue weighted by Gasteiger charge is -2.07. The van der Waals surface area contributed by atoms with Crippen LogP contribution in [-0.4, -0.2) is 10.9 Å². The van der Waals surface area contributed by atoms with Gasteiger partial charge in [0.1, 0.15) is 10.8 Å². The molecule has 0 saturated heterocycles. The molecule has 3 nitrogen and oxygen atoms in total. The Kier molecular flexibility index (Phi) is 4.53. The van der Waals surface area contributed by atoms with Gasteiger partial charge in [0.05, 0.1) is 5.02 Å². The second kappa shape index (κ2) is 5.97. The minimum absolute atomic E-state index is 0.0327. The lowest BCUT2D eigenvalue weighted by molar-refractivity contribution is 0.102. The highest BCUT2D eigenvalue weighted by atomic mass is 35.5. The molecule has 1 heterocycles. The topological polar surface area (TPSA) is 42.0 Å². The average Bonchev–Trinajstić information content (AvgIpc) is 2.30. The van der Waals surface area contributed by atoms with Gasteiger partial charge in [0, 0.05) is 15.7 Å². The molecule has 98 valence electrons. The van der Waals surface area contributed by atoms with Crippen LogP contribution in [0.25, 0.3) is 0 Å². The number of hydrogen-bond acceptors (Lipinski definition) is 2. The molecule has 0 radical (unpaired) electrons. The first-order valence-electron chi connectivity index (χ1n) is 5.05. The molecular formula is C12H6Cl4N2O. The van der Waals surface area contributed by atoms with E-state index in [2.05, 4.69) is 10.3 Å². The Morgan fingerprint density at radius 3 is 2.26 bits per heavy atom. The van der Waals surface area contributed by atoms with Crippen molar-refractivity contribution in [3.63, 3.8) is 0 Å². The summed E-state index contributed by atoms with van der Waals surface area (Å²) in [5.74, 6) is -0.495.